The number of hydrogen-bond acceptors (Lipinski definition) is 3. The molecule has 0 aliphatic rings. The summed E-state index contributed by atoms with van der Waals surface area (Å²) in [4.78, 5) is 12.0. The van der Waals surface area contributed by atoms with Crippen LogP contribution in [0.3, 0.4) is 0 Å². The average molecular weight is 372 g/mol. The lowest BCUT2D eigenvalue weighted by molar-refractivity contribution is -0.137. The molecule has 0 fully saturated rings. The van der Waals surface area contributed by atoms with Crippen molar-refractivity contribution in [3.05, 3.63) is 56.4 Å². The molecule has 6 heteroatoms. The summed E-state index contributed by atoms with van der Waals surface area (Å²) in [5.41, 5.74) is 0.519. The quantitative estimate of drug-likeness (QED) is 0.784. The molecule has 2 atom stereocenters. The summed E-state index contributed by atoms with van der Waals surface area (Å²) in [6.07, 6.45) is -0.0387. The van der Waals surface area contributed by atoms with Crippen molar-refractivity contribution in [3.8, 4) is 0 Å². The van der Waals surface area contributed by atoms with Crippen LogP contribution < -0.4 is 5.32 Å². The van der Waals surface area contributed by atoms with Crippen LogP contribution in [-0.4, -0.2) is 11.1 Å². The number of thiophene rings is 1. The number of carboxylic acids is 1. The van der Waals surface area contributed by atoms with Crippen LogP contribution in [0.4, 0.5) is 4.39 Å². The molecule has 0 radical (unpaired) electrons. The molecule has 0 saturated heterocycles. The van der Waals surface area contributed by atoms with E-state index in [0.29, 0.717) is 10.0 Å². The van der Waals surface area contributed by atoms with Gasteiger partial charge in [-0.15, -0.1) is 11.3 Å². The number of halogens is 2. The molecule has 0 bridgehead atoms. The van der Waals surface area contributed by atoms with Crippen molar-refractivity contribution in [1.29, 1.82) is 0 Å². The summed E-state index contributed by atoms with van der Waals surface area (Å²) < 4.78 is 14.6. The molecule has 2 rings (SSSR count). The van der Waals surface area contributed by atoms with Crippen LogP contribution in [0.1, 0.15) is 35.9 Å². The van der Waals surface area contributed by atoms with Gasteiger partial charge in [0.05, 0.1) is 12.5 Å². The first-order valence-electron chi connectivity index (χ1n) is 6.43. The Morgan fingerprint density at radius 3 is 2.81 bits per heavy atom. The second-order valence-electron chi connectivity index (χ2n) is 4.72. The van der Waals surface area contributed by atoms with E-state index in [9.17, 15) is 9.18 Å². The number of hydrogen-bond donors (Lipinski definition) is 2. The first-order chi connectivity index (χ1) is 9.97. The zero-order valence-corrected chi connectivity index (χ0v) is 13.7. The summed E-state index contributed by atoms with van der Waals surface area (Å²) in [7, 11) is 0. The molecular weight excluding hydrogens is 357 g/mol. The first kappa shape index (κ1) is 16.1. The Balaban J connectivity index is 2.17. The van der Waals surface area contributed by atoms with Gasteiger partial charge in [0.1, 0.15) is 5.82 Å². The maximum absolute atomic E-state index is 14.0. The van der Waals surface area contributed by atoms with Crippen LogP contribution in [-0.2, 0) is 4.79 Å². The maximum Gasteiger partial charge on any atom is 0.305 e. The van der Waals surface area contributed by atoms with Gasteiger partial charge < -0.3 is 10.4 Å². The number of carbonyl (C=O) groups is 1. The second-order valence-corrected chi connectivity index (χ2v) is 6.62. The first-order valence-corrected chi connectivity index (χ1v) is 8.11. The summed E-state index contributed by atoms with van der Waals surface area (Å²) in [6, 6.07) is 8.02. The fourth-order valence-corrected chi connectivity index (χ4v) is 3.27. The Labute approximate surface area is 134 Å². The molecule has 2 N–H and O–H groups in total. The minimum absolute atomic E-state index is 0.0387. The van der Waals surface area contributed by atoms with E-state index in [1.54, 1.807) is 12.1 Å². The third-order valence-electron chi connectivity index (χ3n) is 3.15. The van der Waals surface area contributed by atoms with Crippen LogP contribution in [0.2, 0.25) is 0 Å². The highest BCUT2D eigenvalue weighted by atomic mass is 79.9. The normalized spacial score (nSPS) is 13.9. The fraction of sp³-hybridized carbons (Fsp3) is 0.267. The highest BCUT2D eigenvalue weighted by Gasteiger charge is 2.20. The summed E-state index contributed by atoms with van der Waals surface area (Å²) in [6.45, 7) is 1.83. The largest absolute Gasteiger partial charge is 0.481 e. The summed E-state index contributed by atoms with van der Waals surface area (Å²) >= 11 is 4.71. The Morgan fingerprint density at radius 1 is 1.48 bits per heavy atom. The van der Waals surface area contributed by atoms with E-state index < -0.39 is 5.97 Å². The Kier molecular flexibility index (Phi) is 5.50. The highest BCUT2D eigenvalue weighted by molar-refractivity contribution is 9.10. The molecule has 1 aromatic heterocycles. The van der Waals surface area contributed by atoms with Crippen LogP contribution in [0.5, 0.6) is 0 Å². The van der Waals surface area contributed by atoms with Gasteiger partial charge in [-0.05, 0) is 30.5 Å². The van der Waals surface area contributed by atoms with Crippen LogP contribution in [0, 0.1) is 5.82 Å². The number of carboxylic acid groups (broad SMARTS) is 1. The lowest BCUT2D eigenvalue weighted by Gasteiger charge is -2.22. The Hall–Kier alpha value is -1.24. The van der Waals surface area contributed by atoms with E-state index in [4.69, 9.17) is 5.11 Å². The van der Waals surface area contributed by atoms with Crippen molar-refractivity contribution in [2.75, 3.05) is 0 Å². The van der Waals surface area contributed by atoms with Gasteiger partial charge in [0.25, 0.3) is 0 Å². The Bertz CT molecular complexity index is 618. The van der Waals surface area contributed by atoms with Gasteiger partial charge in [-0.3, -0.25) is 4.79 Å². The highest BCUT2D eigenvalue weighted by Crippen LogP contribution is 2.27. The smallest absolute Gasteiger partial charge is 0.305 e. The monoisotopic (exact) mass is 371 g/mol. The zero-order chi connectivity index (χ0) is 15.4. The predicted octanol–water partition coefficient (Wildman–Crippen LogP) is 4.52. The van der Waals surface area contributed by atoms with Gasteiger partial charge in [0.15, 0.2) is 0 Å². The van der Waals surface area contributed by atoms with E-state index in [1.165, 1.54) is 17.4 Å². The third-order valence-corrected chi connectivity index (χ3v) is 4.62. The van der Waals surface area contributed by atoms with E-state index >= 15 is 0 Å². The molecule has 1 aromatic carbocycles. The van der Waals surface area contributed by atoms with Crippen molar-refractivity contribution >= 4 is 33.2 Å². The summed E-state index contributed by atoms with van der Waals surface area (Å²) in [5, 5.41) is 14.1. The minimum atomic E-state index is -0.885. The molecule has 0 spiro atoms. The topological polar surface area (TPSA) is 49.3 Å². The Morgan fingerprint density at radius 2 is 2.24 bits per heavy atom. The number of aliphatic carboxylic acids is 1. The van der Waals surface area contributed by atoms with Gasteiger partial charge in [-0.1, -0.05) is 28.1 Å². The fourth-order valence-electron chi connectivity index (χ4n) is 2.15. The van der Waals surface area contributed by atoms with Crippen molar-refractivity contribution < 1.29 is 14.3 Å². The molecule has 1 heterocycles. The predicted molar refractivity (Wildman–Crippen MR) is 85.0 cm³/mol. The van der Waals surface area contributed by atoms with E-state index in [2.05, 4.69) is 21.2 Å². The van der Waals surface area contributed by atoms with Crippen LogP contribution in [0.15, 0.2) is 40.2 Å². The lowest BCUT2D eigenvalue weighted by atomic mass is 10.0. The third kappa shape index (κ3) is 4.36. The molecule has 21 heavy (non-hydrogen) atoms. The van der Waals surface area contributed by atoms with Crippen LogP contribution >= 0.6 is 27.3 Å². The summed E-state index contributed by atoms with van der Waals surface area (Å²) in [5.74, 6) is -1.20. The SMILES string of the molecule is CC(NC(CC(=O)O)c1cccs1)c1ccc(Br)cc1F. The molecule has 112 valence electrons. The molecule has 0 aliphatic carbocycles. The molecule has 2 aromatic rings. The lowest BCUT2D eigenvalue weighted by Crippen LogP contribution is -2.26. The van der Waals surface area contributed by atoms with Gasteiger partial charge in [-0.25, -0.2) is 4.39 Å². The van der Waals surface area contributed by atoms with Gasteiger partial charge in [0, 0.05) is 21.0 Å². The molecule has 2 unspecified atom stereocenters. The van der Waals surface area contributed by atoms with E-state index in [-0.39, 0.29) is 24.3 Å². The van der Waals surface area contributed by atoms with E-state index in [1.807, 2.05) is 24.4 Å². The number of benzene rings is 1. The van der Waals surface area contributed by atoms with Gasteiger partial charge in [0.2, 0.25) is 0 Å². The molecule has 0 aliphatic heterocycles. The van der Waals surface area contributed by atoms with Gasteiger partial charge in [-0.2, -0.15) is 0 Å². The molecular formula is C15H15BrFNO2S. The van der Waals surface area contributed by atoms with Crippen molar-refractivity contribution in [1.82, 2.24) is 5.32 Å². The van der Waals surface area contributed by atoms with Crippen LogP contribution in [0.25, 0.3) is 0 Å². The maximum atomic E-state index is 14.0. The van der Waals surface area contributed by atoms with Crippen molar-refractivity contribution in [3.63, 3.8) is 0 Å². The molecule has 0 amide bonds. The van der Waals surface area contributed by atoms with Crippen molar-refractivity contribution in [2.45, 2.75) is 25.4 Å². The molecule has 0 saturated carbocycles. The number of nitrogens with one attached hydrogen (secondary N) is 1. The van der Waals surface area contributed by atoms with Crippen molar-refractivity contribution in [2.24, 2.45) is 0 Å². The standard InChI is InChI=1S/C15H15BrFNO2S/c1-9(11-5-4-10(16)7-12(11)17)18-13(8-15(19)20)14-3-2-6-21-14/h2-7,9,13,18H,8H2,1H3,(H,19,20). The minimum Gasteiger partial charge on any atom is -0.481 e. The second kappa shape index (κ2) is 7.15. The molecule has 3 nitrogen and oxygen atoms in total. The average Bonchev–Trinajstić information content (AvgIpc) is 2.90. The zero-order valence-electron chi connectivity index (χ0n) is 11.3. The number of rotatable bonds is 6. The van der Waals surface area contributed by atoms with E-state index in [0.717, 1.165) is 4.88 Å². The van der Waals surface area contributed by atoms with Gasteiger partial charge >= 0.3 is 5.97 Å².